The maximum absolute atomic E-state index is 8.57. The second-order valence-corrected chi connectivity index (χ2v) is 0.316. The van der Waals surface area contributed by atoms with E-state index >= 15 is 0 Å². The predicted molar refractivity (Wildman–Crippen MR) is 21.2 cm³/mol. The van der Waals surface area contributed by atoms with Crippen LogP contribution in [0.1, 0.15) is 0 Å². The molecule has 4 heavy (non-hydrogen) atoms. The van der Waals surface area contributed by atoms with Crippen LogP contribution in [-0.4, -0.2) is 53.8 Å². The fourth-order valence-corrected chi connectivity index (χ4v) is 0. The molecular formula is H5BaO2P. The van der Waals surface area contributed by atoms with E-state index in [2.05, 4.69) is 0 Å². The van der Waals surface area contributed by atoms with E-state index in [0.717, 1.165) is 0 Å². The minimum absolute atomic E-state index is 0. The molecule has 0 rings (SSSR count). The molecule has 0 saturated carbocycles. The van der Waals surface area contributed by atoms with Crippen molar-refractivity contribution in [1.29, 1.82) is 0 Å². The first-order chi connectivity index (χ1) is 1.41. The van der Waals surface area contributed by atoms with Crippen molar-refractivity contribution in [2.24, 2.45) is 0 Å². The Morgan fingerprint density at radius 2 is 1.75 bits per heavy atom. The van der Waals surface area contributed by atoms with Gasteiger partial charge in [0, 0.05) is 0 Å². The van der Waals surface area contributed by atoms with Gasteiger partial charge >= 0.3 is 48.9 Å². The molecule has 24 valence electrons. The standard InChI is InChI=1S/Ba.H3O2P.2H/c;1-3-2;;/h;3H2,(H,1,2);;. The summed E-state index contributed by atoms with van der Waals surface area (Å²) < 4.78 is 8.57. The topological polar surface area (TPSA) is 37.3 Å². The van der Waals surface area contributed by atoms with E-state index < -0.39 is 8.69 Å². The van der Waals surface area contributed by atoms with Crippen LogP contribution < -0.4 is 0 Å². The van der Waals surface area contributed by atoms with Gasteiger partial charge in [0.2, 0.25) is 0 Å². The molecule has 0 aliphatic carbocycles. The van der Waals surface area contributed by atoms with Crippen LogP contribution >= 0.6 is 8.69 Å². The Labute approximate surface area is 66.0 Å². The molecule has 1 atom stereocenters. The van der Waals surface area contributed by atoms with Gasteiger partial charge in [-0.15, -0.1) is 0 Å². The molecule has 4 heteroatoms. The molecule has 2 nitrogen and oxygen atoms in total. The summed E-state index contributed by atoms with van der Waals surface area (Å²) in [4.78, 5) is 7.10. The first-order valence-corrected chi connectivity index (χ1v) is 1.48. The maximum atomic E-state index is 8.57. The summed E-state index contributed by atoms with van der Waals surface area (Å²) in [5, 5.41) is 0. The molecule has 1 N–H and O–H groups in total. The Morgan fingerprint density at radius 3 is 1.75 bits per heavy atom. The third-order valence-corrected chi connectivity index (χ3v) is 0. The van der Waals surface area contributed by atoms with Crippen molar-refractivity contribution in [2.45, 2.75) is 0 Å². The molecule has 0 aliphatic heterocycles. The van der Waals surface area contributed by atoms with Gasteiger partial charge < -0.3 is 4.89 Å². The molecule has 0 saturated heterocycles. The van der Waals surface area contributed by atoms with Crippen LogP contribution in [0.2, 0.25) is 0 Å². The quantitative estimate of drug-likeness (QED) is 0.396. The van der Waals surface area contributed by atoms with Gasteiger partial charge in [0.15, 0.2) is 8.69 Å². The average Bonchev–Trinajstić information content (AvgIpc) is 0.918. The molecule has 0 aromatic heterocycles. The summed E-state index contributed by atoms with van der Waals surface area (Å²) in [6.45, 7) is 0. The van der Waals surface area contributed by atoms with Gasteiger partial charge in [-0.25, -0.2) is 0 Å². The summed E-state index contributed by atoms with van der Waals surface area (Å²) in [5.74, 6) is 0. The third-order valence-electron chi connectivity index (χ3n) is 0. The molecule has 0 bridgehead atoms. The molecular weight excluding hydrogens is 200 g/mol. The van der Waals surface area contributed by atoms with E-state index in [1.165, 1.54) is 0 Å². The molecule has 0 fully saturated rings. The molecule has 0 heterocycles. The van der Waals surface area contributed by atoms with Crippen LogP contribution in [0.3, 0.4) is 0 Å². The van der Waals surface area contributed by atoms with Crippen LogP contribution in [0, 0.1) is 0 Å². The van der Waals surface area contributed by atoms with Crippen molar-refractivity contribution in [3.8, 4) is 0 Å². The van der Waals surface area contributed by atoms with Crippen LogP contribution in [0.5, 0.6) is 0 Å². The zero-order valence-electron chi connectivity index (χ0n) is 1.43. The van der Waals surface area contributed by atoms with Crippen LogP contribution in [-0.2, 0) is 4.57 Å². The van der Waals surface area contributed by atoms with Gasteiger partial charge in [0.25, 0.3) is 0 Å². The summed E-state index contributed by atoms with van der Waals surface area (Å²) >= 11 is 0. The first kappa shape index (κ1) is 9.23. The van der Waals surface area contributed by atoms with Crippen molar-refractivity contribution in [2.75, 3.05) is 0 Å². The Morgan fingerprint density at radius 1 is 1.75 bits per heavy atom. The van der Waals surface area contributed by atoms with Gasteiger partial charge in [-0.2, -0.15) is 0 Å². The Balaban J connectivity index is 0. The van der Waals surface area contributed by atoms with Crippen molar-refractivity contribution in [3.05, 3.63) is 0 Å². The average molecular weight is 205 g/mol. The number of rotatable bonds is 0. The molecule has 0 amide bonds. The minimum atomic E-state index is -1.50. The number of hydrogen-bond acceptors (Lipinski definition) is 1. The molecule has 0 radical (unpaired) electrons. The molecule has 0 spiro atoms. The van der Waals surface area contributed by atoms with Crippen LogP contribution in [0.4, 0.5) is 0 Å². The summed E-state index contributed by atoms with van der Waals surface area (Å²) in [7, 11) is -1.50. The zero-order chi connectivity index (χ0) is 2.71. The third kappa shape index (κ3) is 9.24. The summed E-state index contributed by atoms with van der Waals surface area (Å²) in [5.41, 5.74) is 0. The summed E-state index contributed by atoms with van der Waals surface area (Å²) in [6.07, 6.45) is 0. The van der Waals surface area contributed by atoms with E-state index in [9.17, 15) is 0 Å². The Bertz CT molecular complexity index is 13.5. The normalized spacial score (nSPS) is 7.25. The first-order valence-electron chi connectivity index (χ1n) is 0.494. The van der Waals surface area contributed by atoms with Crippen LogP contribution in [0.25, 0.3) is 0 Å². The van der Waals surface area contributed by atoms with Crippen LogP contribution in [0.15, 0.2) is 0 Å². The fraction of sp³-hybridized carbons (Fsp3) is 0. The van der Waals surface area contributed by atoms with Gasteiger partial charge in [-0.05, 0) is 0 Å². The second-order valence-electron chi connectivity index (χ2n) is 0.105. The van der Waals surface area contributed by atoms with Crippen molar-refractivity contribution in [3.63, 3.8) is 0 Å². The monoisotopic (exact) mass is 206 g/mol. The number of hydrogen-bond donors (Lipinski definition) is 1. The van der Waals surface area contributed by atoms with E-state index in [0.29, 0.717) is 0 Å². The van der Waals surface area contributed by atoms with E-state index in [-0.39, 0.29) is 48.9 Å². The van der Waals surface area contributed by atoms with Gasteiger partial charge in [-0.3, -0.25) is 4.57 Å². The molecule has 0 aromatic carbocycles. The SMILES string of the molecule is O=[PH2]O.[BaH2]. The predicted octanol–water partition coefficient (Wildman–Crippen LogP) is -1.27. The second kappa shape index (κ2) is 8.83. The fourth-order valence-electron chi connectivity index (χ4n) is 0. The van der Waals surface area contributed by atoms with Crippen molar-refractivity contribution in [1.82, 2.24) is 0 Å². The van der Waals surface area contributed by atoms with E-state index in [4.69, 9.17) is 9.46 Å². The van der Waals surface area contributed by atoms with Gasteiger partial charge in [0.1, 0.15) is 0 Å². The summed E-state index contributed by atoms with van der Waals surface area (Å²) in [6, 6.07) is 0. The van der Waals surface area contributed by atoms with E-state index in [1.807, 2.05) is 0 Å². The molecule has 0 aromatic rings. The van der Waals surface area contributed by atoms with E-state index in [1.54, 1.807) is 0 Å². The molecule has 1 unspecified atom stereocenters. The van der Waals surface area contributed by atoms with Crippen molar-refractivity contribution >= 4 is 57.6 Å². The Kier molecular flexibility index (Phi) is 20.4. The van der Waals surface area contributed by atoms with Crippen molar-refractivity contribution < 1.29 is 9.46 Å². The Hall–Kier alpha value is 1.76. The zero-order valence-corrected chi connectivity index (χ0v) is 2.59. The van der Waals surface area contributed by atoms with Gasteiger partial charge in [0.05, 0.1) is 0 Å². The molecule has 0 aliphatic rings. The van der Waals surface area contributed by atoms with Gasteiger partial charge in [-0.1, -0.05) is 0 Å².